The van der Waals surface area contributed by atoms with E-state index in [0.29, 0.717) is 12.5 Å². The fourth-order valence-electron chi connectivity index (χ4n) is 5.25. The molecule has 34 heavy (non-hydrogen) atoms. The van der Waals surface area contributed by atoms with Crippen LogP contribution in [0.1, 0.15) is 77.2 Å². The zero-order chi connectivity index (χ0) is 24.6. The number of hydrogen-bond acceptors (Lipinski definition) is 3. The smallest absolute Gasteiger partial charge is 0.331 e. The minimum Gasteiger partial charge on any atom is -0.493 e. The average molecular weight is 466 g/mol. The topological polar surface area (TPSA) is 75.6 Å². The number of carboxylic acid groups (broad SMARTS) is 1. The first-order valence-corrected chi connectivity index (χ1v) is 12.6. The molecule has 1 unspecified atom stereocenters. The fourth-order valence-corrected chi connectivity index (χ4v) is 5.25. The molecule has 0 saturated heterocycles. The number of ether oxygens (including phenoxy) is 1. The Morgan fingerprint density at radius 2 is 1.82 bits per heavy atom. The Labute approximate surface area is 204 Å². The highest BCUT2D eigenvalue weighted by atomic mass is 16.5. The molecule has 2 aliphatic rings. The molecule has 0 radical (unpaired) electrons. The van der Waals surface area contributed by atoms with Gasteiger partial charge < -0.3 is 15.2 Å². The molecule has 5 heteroatoms. The maximum Gasteiger partial charge on any atom is 0.331 e. The van der Waals surface area contributed by atoms with E-state index in [4.69, 9.17) is 9.84 Å². The van der Waals surface area contributed by atoms with Crippen molar-refractivity contribution in [1.82, 2.24) is 5.32 Å². The van der Waals surface area contributed by atoms with Gasteiger partial charge in [-0.1, -0.05) is 75.1 Å². The summed E-state index contributed by atoms with van der Waals surface area (Å²) in [5.41, 5.74) is 1.37. The largest absolute Gasteiger partial charge is 0.493 e. The third-order valence-corrected chi connectivity index (χ3v) is 7.44. The molecular weight excluding hydrogens is 426 g/mol. The first kappa shape index (κ1) is 25.8. The summed E-state index contributed by atoms with van der Waals surface area (Å²) in [6, 6.07) is 7.74. The zero-order valence-electron chi connectivity index (χ0n) is 20.6. The van der Waals surface area contributed by atoms with Crippen molar-refractivity contribution >= 4 is 11.9 Å². The summed E-state index contributed by atoms with van der Waals surface area (Å²) < 4.78 is 6.35. The van der Waals surface area contributed by atoms with Crippen molar-refractivity contribution in [2.24, 2.45) is 5.92 Å². The lowest BCUT2D eigenvalue weighted by molar-refractivity contribution is -0.132. The molecule has 1 aromatic rings. The van der Waals surface area contributed by atoms with Crippen LogP contribution in [0, 0.1) is 5.92 Å². The molecule has 2 fully saturated rings. The van der Waals surface area contributed by atoms with E-state index in [9.17, 15) is 9.59 Å². The second-order valence-electron chi connectivity index (χ2n) is 9.82. The highest BCUT2D eigenvalue weighted by Gasteiger charge is 2.45. The SMILES string of the molecule is C=C/C(=C\C=C(/C)C(=O)O)C(C)NC(=O)C1(c2ccccc2OCC2CCCCC2)CCCC1. The first-order chi connectivity index (χ1) is 16.4. The number of carboxylic acids is 1. The molecule has 1 atom stereocenters. The van der Waals surface area contributed by atoms with Gasteiger partial charge in [-0.25, -0.2) is 4.79 Å². The van der Waals surface area contributed by atoms with Gasteiger partial charge in [-0.15, -0.1) is 0 Å². The number of amides is 1. The van der Waals surface area contributed by atoms with E-state index in [-0.39, 0.29) is 17.5 Å². The summed E-state index contributed by atoms with van der Waals surface area (Å²) in [5.74, 6) is 0.457. The fraction of sp³-hybridized carbons (Fsp3) is 0.517. The highest BCUT2D eigenvalue weighted by molar-refractivity contribution is 5.90. The lowest BCUT2D eigenvalue weighted by Crippen LogP contribution is -2.46. The molecule has 1 aromatic carbocycles. The van der Waals surface area contributed by atoms with Gasteiger partial charge in [0.25, 0.3) is 0 Å². The van der Waals surface area contributed by atoms with Crippen molar-refractivity contribution in [2.45, 2.75) is 83.1 Å². The maximum atomic E-state index is 13.8. The van der Waals surface area contributed by atoms with E-state index in [2.05, 4.69) is 18.0 Å². The quantitative estimate of drug-likeness (QED) is 0.323. The standard InChI is InChI=1S/C29H39NO4/c1-4-24(17-16-21(2)27(31)32)22(3)30-28(33)29(18-10-11-19-29)25-14-8-9-15-26(25)34-20-23-12-6-5-7-13-23/h4,8-9,14-17,22-23H,1,5-7,10-13,18-20H2,2-3H3,(H,30,33)(H,31,32)/b21-16+,24-17+. The lowest BCUT2D eigenvalue weighted by atomic mass is 9.77. The first-order valence-electron chi connectivity index (χ1n) is 12.6. The number of benzene rings is 1. The molecule has 0 aromatic heterocycles. The van der Waals surface area contributed by atoms with Crippen molar-refractivity contribution in [1.29, 1.82) is 0 Å². The molecule has 5 nitrogen and oxygen atoms in total. The summed E-state index contributed by atoms with van der Waals surface area (Å²) in [4.78, 5) is 24.9. The van der Waals surface area contributed by atoms with Gasteiger partial charge in [-0.2, -0.15) is 0 Å². The van der Waals surface area contributed by atoms with Crippen LogP contribution in [0.5, 0.6) is 5.75 Å². The van der Waals surface area contributed by atoms with Crippen LogP contribution in [0.2, 0.25) is 0 Å². The molecule has 2 aliphatic carbocycles. The monoisotopic (exact) mass is 465 g/mol. The van der Waals surface area contributed by atoms with Gasteiger partial charge in [0.05, 0.1) is 18.1 Å². The Hall–Kier alpha value is -2.82. The van der Waals surface area contributed by atoms with Crippen molar-refractivity contribution < 1.29 is 19.4 Å². The Balaban J connectivity index is 1.80. The Kier molecular flexibility index (Phi) is 9.14. The van der Waals surface area contributed by atoms with Crippen molar-refractivity contribution in [3.8, 4) is 5.75 Å². The number of rotatable bonds is 10. The van der Waals surface area contributed by atoms with E-state index in [1.807, 2.05) is 25.1 Å². The van der Waals surface area contributed by atoms with Gasteiger partial charge in [-0.05, 0) is 57.1 Å². The van der Waals surface area contributed by atoms with Gasteiger partial charge in [0, 0.05) is 11.1 Å². The normalized spacial score (nSPS) is 19.9. The van der Waals surface area contributed by atoms with Gasteiger partial charge in [0.1, 0.15) is 5.75 Å². The summed E-state index contributed by atoms with van der Waals surface area (Å²) in [6.07, 6.45) is 14.8. The minimum absolute atomic E-state index is 0.00194. The van der Waals surface area contributed by atoms with Crippen LogP contribution >= 0.6 is 0 Å². The number of hydrogen-bond donors (Lipinski definition) is 2. The molecule has 2 N–H and O–H groups in total. The van der Waals surface area contributed by atoms with Crippen LogP contribution in [0.15, 0.2) is 60.2 Å². The molecule has 1 amide bonds. The minimum atomic E-state index is -0.967. The third-order valence-electron chi connectivity index (χ3n) is 7.44. The van der Waals surface area contributed by atoms with Gasteiger partial charge >= 0.3 is 5.97 Å². The van der Waals surface area contributed by atoms with Crippen LogP contribution in [0.4, 0.5) is 0 Å². The summed E-state index contributed by atoms with van der Waals surface area (Å²) in [6.45, 7) is 8.01. The number of aliphatic carboxylic acids is 1. The molecule has 0 spiro atoms. The van der Waals surface area contributed by atoms with Crippen LogP contribution in [0.25, 0.3) is 0 Å². The van der Waals surface area contributed by atoms with E-state index < -0.39 is 11.4 Å². The molecule has 2 saturated carbocycles. The van der Waals surface area contributed by atoms with Crippen LogP contribution in [-0.4, -0.2) is 29.6 Å². The summed E-state index contributed by atoms with van der Waals surface area (Å²) in [7, 11) is 0. The van der Waals surface area contributed by atoms with Gasteiger partial charge in [-0.3, -0.25) is 4.79 Å². The molecule has 0 aliphatic heterocycles. The Morgan fingerprint density at radius 3 is 2.47 bits per heavy atom. The number of carbonyl (C=O) groups excluding carboxylic acids is 1. The predicted molar refractivity (Wildman–Crippen MR) is 136 cm³/mol. The molecule has 0 heterocycles. The van der Waals surface area contributed by atoms with Gasteiger partial charge in [0.15, 0.2) is 0 Å². The third kappa shape index (κ3) is 6.19. The molecule has 3 rings (SSSR count). The summed E-state index contributed by atoms with van der Waals surface area (Å²) in [5, 5.41) is 12.3. The van der Waals surface area contributed by atoms with E-state index in [1.165, 1.54) is 32.1 Å². The lowest BCUT2D eigenvalue weighted by Gasteiger charge is -2.32. The van der Waals surface area contributed by atoms with Crippen LogP contribution in [0.3, 0.4) is 0 Å². The Morgan fingerprint density at radius 1 is 1.15 bits per heavy atom. The van der Waals surface area contributed by atoms with E-state index in [0.717, 1.165) is 42.6 Å². The predicted octanol–water partition coefficient (Wildman–Crippen LogP) is 6.11. The Bertz CT molecular complexity index is 933. The van der Waals surface area contributed by atoms with Crippen molar-refractivity contribution in [3.63, 3.8) is 0 Å². The molecule has 0 bridgehead atoms. The zero-order valence-corrected chi connectivity index (χ0v) is 20.6. The highest BCUT2D eigenvalue weighted by Crippen LogP contribution is 2.45. The van der Waals surface area contributed by atoms with E-state index in [1.54, 1.807) is 25.2 Å². The summed E-state index contributed by atoms with van der Waals surface area (Å²) >= 11 is 0. The number of carbonyl (C=O) groups is 2. The number of allylic oxidation sites excluding steroid dienone is 2. The van der Waals surface area contributed by atoms with Crippen LogP contribution in [-0.2, 0) is 15.0 Å². The number of para-hydroxylation sites is 1. The van der Waals surface area contributed by atoms with Crippen LogP contribution < -0.4 is 10.1 Å². The second kappa shape index (κ2) is 12.0. The van der Waals surface area contributed by atoms with Crippen molar-refractivity contribution in [2.75, 3.05) is 6.61 Å². The van der Waals surface area contributed by atoms with Crippen molar-refractivity contribution in [3.05, 3.63) is 65.8 Å². The molecule has 184 valence electrons. The number of nitrogens with one attached hydrogen (secondary N) is 1. The maximum absolute atomic E-state index is 13.8. The average Bonchev–Trinajstić information content (AvgIpc) is 3.35. The second-order valence-corrected chi connectivity index (χ2v) is 9.82. The van der Waals surface area contributed by atoms with Gasteiger partial charge in [0.2, 0.25) is 5.91 Å². The molecular formula is C29H39NO4. The van der Waals surface area contributed by atoms with E-state index >= 15 is 0 Å².